The Bertz CT molecular complexity index is 1310. The molecule has 1 N–H and O–H groups in total. The number of anilines is 1. The molecule has 0 saturated carbocycles. The fourth-order valence-electron chi connectivity index (χ4n) is 4.27. The molecule has 1 aliphatic carbocycles. The van der Waals surface area contributed by atoms with Crippen LogP contribution in [0.2, 0.25) is 10.0 Å². The lowest BCUT2D eigenvalue weighted by atomic mass is 9.88. The van der Waals surface area contributed by atoms with E-state index in [0.717, 1.165) is 29.7 Å². The van der Waals surface area contributed by atoms with Crippen molar-refractivity contribution < 1.29 is 19.1 Å². The number of methoxy groups -OCH3 is 1. The van der Waals surface area contributed by atoms with Crippen LogP contribution < -0.4 is 10.1 Å². The van der Waals surface area contributed by atoms with E-state index in [9.17, 15) is 9.59 Å². The predicted octanol–water partition coefficient (Wildman–Crippen LogP) is 6.45. The van der Waals surface area contributed by atoms with Crippen molar-refractivity contribution >= 4 is 63.2 Å². The Kier molecular flexibility index (Phi) is 9.05. The van der Waals surface area contributed by atoms with Crippen LogP contribution in [0, 0.1) is 5.92 Å². The molecule has 0 radical (unpaired) electrons. The van der Waals surface area contributed by atoms with Gasteiger partial charge in [-0.15, -0.1) is 21.5 Å². The average molecular weight is 584 g/mol. The highest BCUT2D eigenvalue weighted by Gasteiger charge is 2.29. The van der Waals surface area contributed by atoms with E-state index in [1.807, 2.05) is 18.4 Å². The van der Waals surface area contributed by atoms with E-state index >= 15 is 0 Å². The number of thioether (sulfide) groups is 1. The number of carbonyl (C=O) groups excluding carboxylic acids is 2. The number of hydrogen-bond donors (Lipinski definition) is 1. The molecule has 4 rings (SSSR count). The lowest BCUT2D eigenvalue weighted by Gasteiger charge is -2.18. The van der Waals surface area contributed by atoms with E-state index in [1.165, 1.54) is 30.2 Å². The van der Waals surface area contributed by atoms with Gasteiger partial charge in [-0.25, -0.2) is 4.79 Å². The maximum absolute atomic E-state index is 12.9. The molecule has 0 aliphatic heterocycles. The van der Waals surface area contributed by atoms with Gasteiger partial charge < -0.3 is 19.4 Å². The fraction of sp³-hybridized carbons (Fsp3) is 0.440. The number of thiophene rings is 1. The first-order chi connectivity index (χ1) is 17.7. The van der Waals surface area contributed by atoms with E-state index in [4.69, 9.17) is 32.7 Å². The fourth-order valence-corrected chi connectivity index (χ4v) is 6.95. The Morgan fingerprint density at radius 3 is 2.81 bits per heavy atom. The van der Waals surface area contributed by atoms with Crippen LogP contribution in [0.1, 0.15) is 59.9 Å². The summed E-state index contributed by atoms with van der Waals surface area (Å²) in [6.45, 7) is 6.62. The number of benzene rings is 1. The maximum atomic E-state index is 12.9. The first kappa shape index (κ1) is 27.8. The van der Waals surface area contributed by atoms with E-state index in [0.29, 0.717) is 49.8 Å². The van der Waals surface area contributed by atoms with Crippen LogP contribution in [-0.2, 0) is 28.9 Å². The van der Waals surface area contributed by atoms with Crippen LogP contribution in [0.25, 0.3) is 0 Å². The monoisotopic (exact) mass is 582 g/mol. The Morgan fingerprint density at radius 1 is 1.32 bits per heavy atom. The Morgan fingerprint density at radius 2 is 2.11 bits per heavy atom. The second kappa shape index (κ2) is 12.1. The largest absolute Gasteiger partial charge is 0.481 e. The third-order valence-corrected chi connectivity index (χ3v) is 8.78. The molecule has 2 unspecified atom stereocenters. The van der Waals surface area contributed by atoms with Gasteiger partial charge in [0.05, 0.1) is 23.4 Å². The molecular weight excluding hydrogens is 555 g/mol. The molecule has 2 heterocycles. The Balaban J connectivity index is 1.44. The molecule has 0 spiro atoms. The van der Waals surface area contributed by atoms with Crippen molar-refractivity contribution in [2.45, 2.75) is 57.8 Å². The molecule has 12 heteroatoms. The van der Waals surface area contributed by atoms with Gasteiger partial charge in [0.1, 0.15) is 10.8 Å². The highest BCUT2D eigenvalue weighted by molar-refractivity contribution is 7.99. The number of ether oxygens (including phenoxy) is 2. The molecule has 1 aromatic carbocycles. The second-order valence-electron chi connectivity index (χ2n) is 8.80. The molecule has 1 aliphatic rings. The standard InChI is InChI=1S/C25H28Cl2N4O4S2/c1-5-31-22(14(3)35-18-9-7-15(26)11-17(18)27)29-30-25(31)36-12-20(32)28-23-21(24(33)34-4)16-8-6-13(2)10-19(16)37-23/h7,9,11,13-14H,5-6,8,10,12H2,1-4H3,(H,28,32). The quantitative estimate of drug-likeness (QED) is 0.229. The maximum Gasteiger partial charge on any atom is 0.341 e. The van der Waals surface area contributed by atoms with Gasteiger partial charge in [0.25, 0.3) is 0 Å². The summed E-state index contributed by atoms with van der Waals surface area (Å²) in [5.74, 6) is 1.12. The number of rotatable bonds is 9. The summed E-state index contributed by atoms with van der Waals surface area (Å²) in [6.07, 6.45) is 2.29. The number of halogens is 2. The van der Waals surface area contributed by atoms with Crippen LogP contribution in [-0.4, -0.2) is 39.5 Å². The number of fused-ring (bicyclic) bond motifs is 1. The number of carbonyl (C=O) groups is 2. The number of aromatic nitrogens is 3. The number of nitrogens with zero attached hydrogens (tertiary/aromatic N) is 3. The molecule has 8 nitrogen and oxygen atoms in total. The van der Waals surface area contributed by atoms with Crippen LogP contribution in [0.15, 0.2) is 23.4 Å². The van der Waals surface area contributed by atoms with Crippen molar-refractivity contribution in [3.63, 3.8) is 0 Å². The van der Waals surface area contributed by atoms with Crippen molar-refractivity contribution in [1.82, 2.24) is 14.8 Å². The van der Waals surface area contributed by atoms with Crippen LogP contribution in [0.5, 0.6) is 5.75 Å². The van der Waals surface area contributed by atoms with Crippen molar-refractivity contribution in [2.75, 3.05) is 18.2 Å². The zero-order chi connectivity index (χ0) is 26.7. The topological polar surface area (TPSA) is 95.3 Å². The van der Waals surface area contributed by atoms with Gasteiger partial charge in [0, 0.05) is 16.4 Å². The van der Waals surface area contributed by atoms with Crippen molar-refractivity contribution in [1.29, 1.82) is 0 Å². The molecular formula is C25H28Cl2N4O4S2. The number of hydrogen-bond acceptors (Lipinski definition) is 8. The molecule has 2 aromatic heterocycles. The number of esters is 1. The van der Waals surface area contributed by atoms with Crippen LogP contribution >= 0.6 is 46.3 Å². The average Bonchev–Trinajstić information content (AvgIpc) is 3.44. The lowest BCUT2D eigenvalue weighted by molar-refractivity contribution is -0.113. The Hall–Kier alpha value is -2.27. The number of nitrogens with one attached hydrogen (secondary N) is 1. The third-order valence-electron chi connectivity index (χ3n) is 6.11. The molecule has 0 bridgehead atoms. The van der Waals surface area contributed by atoms with Gasteiger partial charge in [0.15, 0.2) is 17.1 Å². The van der Waals surface area contributed by atoms with Crippen LogP contribution in [0.3, 0.4) is 0 Å². The van der Waals surface area contributed by atoms with Crippen molar-refractivity contribution in [3.8, 4) is 5.75 Å². The lowest BCUT2D eigenvalue weighted by Crippen LogP contribution is -2.17. The zero-order valence-electron chi connectivity index (χ0n) is 21.0. The van der Waals surface area contributed by atoms with Crippen molar-refractivity contribution in [2.24, 2.45) is 5.92 Å². The molecule has 198 valence electrons. The SMILES string of the molecule is CCn1c(SCC(=O)Nc2sc3c(c2C(=O)OC)CCC(C)C3)nnc1C(C)Oc1ccc(Cl)cc1Cl. The Labute approximate surface area is 234 Å². The normalized spacial score (nSPS) is 15.7. The zero-order valence-corrected chi connectivity index (χ0v) is 24.1. The second-order valence-corrected chi connectivity index (χ2v) is 11.7. The van der Waals surface area contributed by atoms with Gasteiger partial charge in [0.2, 0.25) is 5.91 Å². The molecule has 1 amide bonds. The molecule has 2 atom stereocenters. The van der Waals surface area contributed by atoms with E-state index < -0.39 is 12.1 Å². The highest BCUT2D eigenvalue weighted by atomic mass is 35.5. The molecule has 0 saturated heterocycles. The molecule has 37 heavy (non-hydrogen) atoms. The summed E-state index contributed by atoms with van der Waals surface area (Å²) in [7, 11) is 1.36. The minimum atomic E-state index is -0.434. The first-order valence-electron chi connectivity index (χ1n) is 11.9. The summed E-state index contributed by atoms with van der Waals surface area (Å²) >= 11 is 15.0. The van der Waals surface area contributed by atoms with Crippen molar-refractivity contribution in [3.05, 3.63) is 50.1 Å². The number of amides is 1. The predicted molar refractivity (Wildman–Crippen MR) is 147 cm³/mol. The van der Waals surface area contributed by atoms with Crippen LogP contribution in [0.4, 0.5) is 5.00 Å². The highest BCUT2D eigenvalue weighted by Crippen LogP contribution is 2.40. The van der Waals surface area contributed by atoms with Gasteiger partial charge in [-0.3, -0.25) is 4.79 Å². The minimum Gasteiger partial charge on any atom is -0.481 e. The molecule has 3 aromatic rings. The minimum absolute atomic E-state index is 0.107. The summed E-state index contributed by atoms with van der Waals surface area (Å²) in [5, 5.41) is 13.6. The third kappa shape index (κ3) is 6.25. The van der Waals surface area contributed by atoms with Gasteiger partial charge in [-0.2, -0.15) is 0 Å². The van der Waals surface area contributed by atoms with E-state index in [2.05, 4.69) is 22.4 Å². The summed E-state index contributed by atoms with van der Waals surface area (Å²) in [4.78, 5) is 26.5. The summed E-state index contributed by atoms with van der Waals surface area (Å²) in [6, 6.07) is 5.03. The smallest absolute Gasteiger partial charge is 0.341 e. The van der Waals surface area contributed by atoms with Gasteiger partial charge >= 0.3 is 5.97 Å². The summed E-state index contributed by atoms with van der Waals surface area (Å²) in [5.41, 5.74) is 1.49. The first-order valence-corrected chi connectivity index (χ1v) is 14.5. The van der Waals surface area contributed by atoms with E-state index in [-0.39, 0.29) is 11.7 Å². The van der Waals surface area contributed by atoms with Gasteiger partial charge in [-0.1, -0.05) is 41.9 Å². The van der Waals surface area contributed by atoms with Gasteiger partial charge in [-0.05, 0) is 62.8 Å². The van der Waals surface area contributed by atoms with E-state index in [1.54, 1.807) is 18.2 Å². The summed E-state index contributed by atoms with van der Waals surface area (Å²) < 4.78 is 12.9. The molecule has 0 fully saturated rings.